The van der Waals surface area contributed by atoms with Gasteiger partial charge in [0.2, 0.25) is 0 Å². The van der Waals surface area contributed by atoms with Gasteiger partial charge in [-0.25, -0.2) is 4.98 Å². The Kier molecular flexibility index (Phi) is 3.99. The van der Waals surface area contributed by atoms with E-state index >= 15 is 0 Å². The Labute approximate surface area is 123 Å². The predicted molar refractivity (Wildman–Crippen MR) is 81.7 cm³/mol. The number of hydrogen-bond donors (Lipinski definition) is 2. The summed E-state index contributed by atoms with van der Waals surface area (Å²) in [5.74, 6) is 0. The number of nitrogens with zero attached hydrogens (tertiary/aromatic N) is 1. The normalized spacial score (nSPS) is 14.2. The minimum atomic E-state index is -0.538. The van der Waals surface area contributed by atoms with Crippen LogP contribution >= 0.6 is 0 Å². The number of furan rings is 1. The monoisotopic (exact) mass is 282 g/mol. The molecule has 108 valence electrons. The molecule has 0 radical (unpaired) electrons. The molecular weight excluding hydrogens is 264 g/mol. The number of aliphatic hydroxyl groups is 1. The van der Waals surface area contributed by atoms with Gasteiger partial charge in [0.1, 0.15) is 5.52 Å². The number of fused-ring (bicyclic) bond motifs is 1. The summed E-state index contributed by atoms with van der Waals surface area (Å²) in [5, 5.41) is 13.6. The molecule has 2 unspecified atom stereocenters. The maximum atomic E-state index is 10.3. The molecule has 2 N–H and O–H groups in total. The van der Waals surface area contributed by atoms with Crippen LogP contribution < -0.4 is 5.32 Å². The highest BCUT2D eigenvalue weighted by Gasteiger charge is 2.15. The van der Waals surface area contributed by atoms with E-state index in [4.69, 9.17) is 4.42 Å². The lowest BCUT2D eigenvalue weighted by Crippen LogP contribution is -2.31. The summed E-state index contributed by atoms with van der Waals surface area (Å²) in [7, 11) is 0. The van der Waals surface area contributed by atoms with Gasteiger partial charge in [-0.3, -0.25) is 0 Å². The van der Waals surface area contributed by atoms with Crippen molar-refractivity contribution >= 4 is 11.1 Å². The fourth-order valence-electron chi connectivity index (χ4n) is 2.31. The second-order valence-electron chi connectivity index (χ2n) is 5.13. The van der Waals surface area contributed by atoms with Crippen molar-refractivity contribution in [2.24, 2.45) is 0 Å². The maximum Gasteiger partial charge on any atom is 0.152 e. The van der Waals surface area contributed by atoms with E-state index in [2.05, 4.69) is 10.3 Å². The Morgan fingerprint density at radius 1 is 1.14 bits per heavy atom. The van der Waals surface area contributed by atoms with Crippen LogP contribution in [-0.4, -0.2) is 16.1 Å². The van der Waals surface area contributed by atoms with Gasteiger partial charge in [0, 0.05) is 18.7 Å². The summed E-state index contributed by atoms with van der Waals surface area (Å²) in [6.45, 7) is 2.57. The predicted octanol–water partition coefficient (Wildman–Crippen LogP) is 3.04. The van der Waals surface area contributed by atoms with E-state index in [-0.39, 0.29) is 6.04 Å². The minimum absolute atomic E-state index is 0.0609. The molecule has 2 heterocycles. The molecule has 0 spiro atoms. The van der Waals surface area contributed by atoms with E-state index in [1.54, 1.807) is 6.26 Å². The first-order chi connectivity index (χ1) is 10.2. The molecule has 1 aromatic carbocycles. The minimum Gasteiger partial charge on any atom is -0.463 e. The molecule has 0 amide bonds. The molecule has 0 saturated heterocycles. The summed E-state index contributed by atoms with van der Waals surface area (Å²) in [6.07, 6.45) is 1.10. The molecular formula is C17H18N2O2. The number of pyridine rings is 1. The van der Waals surface area contributed by atoms with Crippen LogP contribution in [0.4, 0.5) is 0 Å². The lowest BCUT2D eigenvalue weighted by molar-refractivity contribution is 0.135. The number of aliphatic hydroxyl groups excluding tert-OH is 1. The van der Waals surface area contributed by atoms with Crippen LogP contribution in [0.2, 0.25) is 0 Å². The van der Waals surface area contributed by atoms with Gasteiger partial charge in [0.25, 0.3) is 0 Å². The SMILES string of the molecule is CC(NCc1ccc2occc2n1)C(O)c1ccccc1. The molecule has 0 aliphatic rings. The van der Waals surface area contributed by atoms with Crippen LogP contribution in [0.5, 0.6) is 0 Å². The number of nitrogens with one attached hydrogen (secondary N) is 1. The molecule has 21 heavy (non-hydrogen) atoms. The number of aromatic nitrogens is 1. The van der Waals surface area contributed by atoms with Crippen LogP contribution in [0.1, 0.15) is 24.3 Å². The molecule has 3 rings (SSSR count). The lowest BCUT2D eigenvalue weighted by atomic mass is 10.0. The zero-order chi connectivity index (χ0) is 14.7. The second-order valence-corrected chi connectivity index (χ2v) is 5.13. The zero-order valence-corrected chi connectivity index (χ0v) is 11.9. The number of rotatable bonds is 5. The quantitative estimate of drug-likeness (QED) is 0.755. The van der Waals surface area contributed by atoms with Gasteiger partial charge in [-0.05, 0) is 24.6 Å². The molecule has 0 aliphatic heterocycles. The lowest BCUT2D eigenvalue weighted by Gasteiger charge is -2.20. The van der Waals surface area contributed by atoms with Gasteiger partial charge >= 0.3 is 0 Å². The smallest absolute Gasteiger partial charge is 0.152 e. The topological polar surface area (TPSA) is 58.3 Å². The van der Waals surface area contributed by atoms with Crippen LogP contribution in [-0.2, 0) is 6.54 Å². The fourth-order valence-corrected chi connectivity index (χ4v) is 2.31. The number of benzene rings is 1. The number of hydrogen-bond acceptors (Lipinski definition) is 4. The summed E-state index contributed by atoms with van der Waals surface area (Å²) < 4.78 is 5.27. The van der Waals surface area contributed by atoms with Gasteiger partial charge in [-0.1, -0.05) is 30.3 Å². The highest BCUT2D eigenvalue weighted by atomic mass is 16.3. The molecule has 0 fully saturated rings. The Morgan fingerprint density at radius 2 is 1.95 bits per heavy atom. The molecule has 2 atom stereocenters. The van der Waals surface area contributed by atoms with E-state index in [1.807, 2.05) is 55.5 Å². The third-order valence-electron chi connectivity index (χ3n) is 3.58. The van der Waals surface area contributed by atoms with Crippen molar-refractivity contribution in [3.63, 3.8) is 0 Å². The summed E-state index contributed by atoms with van der Waals surface area (Å²) in [6, 6.07) is 15.3. The molecule has 0 bridgehead atoms. The third-order valence-corrected chi connectivity index (χ3v) is 3.58. The average molecular weight is 282 g/mol. The summed E-state index contributed by atoms with van der Waals surface area (Å²) in [4.78, 5) is 4.50. The molecule has 2 aromatic heterocycles. The van der Waals surface area contributed by atoms with Gasteiger partial charge in [-0.2, -0.15) is 0 Å². The van der Waals surface area contributed by atoms with E-state index in [0.29, 0.717) is 6.54 Å². The van der Waals surface area contributed by atoms with Crippen molar-refractivity contribution < 1.29 is 9.52 Å². The van der Waals surface area contributed by atoms with Crippen molar-refractivity contribution in [2.75, 3.05) is 0 Å². The average Bonchev–Trinajstić information content (AvgIpc) is 3.00. The highest BCUT2D eigenvalue weighted by Crippen LogP contribution is 2.17. The van der Waals surface area contributed by atoms with Crippen LogP contribution in [0.3, 0.4) is 0 Å². The standard InChI is InChI=1S/C17H18N2O2/c1-12(17(20)13-5-3-2-4-6-13)18-11-14-7-8-16-15(19-14)9-10-21-16/h2-10,12,17-18,20H,11H2,1H3. The second kappa shape index (κ2) is 6.08. The van der Waals surface area contributed by atoms with Gasteiger partial charge < -0.3 is 14.8 Å². The molecule has 4 nitrogen and oxygen atoms in total. The van der Waals surface area contributed by atoms with E-state index < -0.39 is 6.10 Å². The first-order valence-electron chi connectivity index (χ1n) is 7.03. The van der Waals surface area contributed by atoms with Crippen LogP contribution in [0.25, 0.3) is 11.1 Å². The Hall–Kier alpha value is -2.17. The van der Waals surface area contributed by atoms with Gasteiger partial charge in [-0.15, -0.1) is 0 Å². The van der Waals surface area contributed by atoms with Gasteiger partial charge in [0.15, 0.2) is 5.58 Å². The highest BCUT2D eigenvalue weighted by molar-refractivity contribution is 5.72. The molecule has 3 aromatic rings. The van der Waals surface area contributed by atoms with Crippen LogP contribution in [0, 0.1) is 0 Å². The largest absolute Gasteiger partial charge is 0.463 e. The molecule has 4 heteroatoms. The molecule has 0 aliphatic carbocycles. The van der Waals surface area contributed by atoms with Crippen LogP contribution in [0.15, 0.2) is 59.2 Å². The maximum absolute atomic E-state index is 10.3. The Bertz CT molecular complexity index is 709. The fraction of sp³-hybridized carbons (Fsp3) is 0.235. The zero-order valence-electron chi connectivity index (χ0n) is 11.9. The van der Waals surface area contributed by atoms with Gasteiger partial charge in [0.05, 0.1) is 18.1 Å². The van der Waals surface area contributed by atoms with Crippen molar-refractivity contribution in [2.45, 2.75) is 25.6 Å². The first kappa shape index (κ1) is 13.8. The van der Waals surface area contributed by atoms with Crippen molar-refractivity contribution in [3.8, 4) is 0 Å². The van der Waals surface area contributed by atoms with E-state index in [9.17, 15) is 5.11 Å². The Morgan fingerprint density at radius 3 is 2.76 bits per heavy atom. The van der Waals surface area contributed by atoms with Crippen molar-refractivity contribution in [1.29, 1.82) is 0 Å². The summed E-state index contributed by atoms with van der Waals surface area (Å²) in [5.41, 5.74) is 3.48. The summed E-state index contributed by atoms with van der Waals surface area (Å²) >= 11 is 0. The van der Waals surface area contributed by atoms with E-state index in [1.165, 1.54) is 0 Å². The van der Waals surface area contributed by atoms with Crippen molar-refractivity contribution in [1.82, 2.24) is 10.3 Å². The molecule has 0 saturated carbocycles. The Balaban J connectivity index is 1.63. The van der Waals surface area contributed by atoms with Crippen molar-refractivity contribution in [3.05, 3.63) is 66.1 Å². The van der Waals surface area contributed by atoms with E-state index in [0.717, 1.165) is 22.4 Å². The third kappa shape index (κ3) is 3.12. The first-order valence-corrected chi connectivity index (χ1v) is 7.03.